The highest BCUT2D eigenvalue weighted by molar-refractivity contribution is 7.46. The van der Waals surface area contributed by atoms with Gasteiger partial charge in [-0.15, -0.1) is 0 Å². The summed E-state index contributed by atoms with van der Waals surface area (Å²) >= 11 is 17.9. The molecule has 0 atom stereocenters. The minimum atomic E-state index is -4.82. The zero-order valence-corrected chi connectivity index (χ0v) is 16.4. The van der Waals surface area contributed by atoms with Crippen molar-refractivity contribution in [3.8, 4) is 0 Å². The molecule has 0 aliphatic heterocycles. The van der Waals surface area contributed by atoms with E-state index in [1.54, 1.807) is 0 Å². The molecule has 0 aliphatic rings. The second-order valence-corrected chi connectivity index (χ2v) is 7.91. The van der Waals surface area contributed by atoms with Gasteiger partial charge < -0.3 is 15.1 Å². The van der Waals surface area contributed by atoms with E-state index in [4.69, 9.17) is 44.6 Å². The Labute approximate surface area is 167 Å². The summed E-state index contributed by atoms with van der Waals surface area (Å²) in [5.74, 6) is -0.0402. The third-order valence-electron chi connectivity index (χ3n) is 3.39. The predicted octanol–water partition coefficient (Wildman–Crippen LogP) is 4.17. The summed E-state index contributed by atoms with van der Waals surface area (Å²) in [5, 5.41) is 4.10. The van der Waals surface area contributed by atoms with Crippen LogP contribution in [0.15, 0.2) is 41.2 Å². The summed E-state index contributed by atoms with van der Waals surface area (Å²) < 4.78 is 16.4. The molecule has 0 aliphatic carbocycles. The average molecular weight is 451 g/mol. The van der Waals surface area contributed by atoms with Crippen molar-refractivity contribution in [1.82, 2.24) is 9.55 Å². The molecule has 8 nitrogen and oxygen atoms in total. The molecule has 27 heavy (non-hydrogen) atoms. The Balaban J connectivity index is 2.15. The first kappa shape index (κ1) is 20.1. The van der Waals surface area contributed by atoms with Gasteiger partial charge in [0.25, 0.3) is 5.56 Å². The Bertz CT molecular complexity index is 1110. The maximum atomic E-state index is 12.8. The number of nitrogens with one attached hydrogen (secondary N) is 1. The Morgan fingerprint density at radius 2 is 1.74 bits per heavy atom. The average Bonchev–Trinajstić information content (AvgIpc) is 2.52. The Morgan fingerprint density at radius 3 is 2.37 bits per heavy atom. The molecule has 0 fully saturated rings. The standard InChI is InChI=1S/C15H11Cl3N3O5P/c16-8-1-2-12-13(6-8)20-15(19-11-4-9(17)3-10(18)5-11)21(14(12)22)7-26-27(23,24)25/h1-6H,7H2,(H,19,20)(H2,23,24,25). The van der Waals surface area contributed by atoms with Crippen molar-refractivity contribution in [2.45, 2.75) is 6.73 Å². The van der Waals surface area contributed by atoms with E-state index in [1.165, 1.54) is 36.4 Å². The fourth-order valence-electron chi connectivity index (χ4n) is 2.30. The molecule has 0 saturated carbocycles. The fraction of sp³-hybridized carbons (Fsp3) is 0.0667. The third kappa shape index (κ3) is 5.00. The molecule has 142 valence electrons. The molecule has 0 unspecified atom stereocenters. The zero-order chi connectivity index (χ0) is 19.8. The number of phosphoric acid groups is 1. The Hall–Kier alpha value is -1.64. The van der Waals surface area contributed by atoms with Gasteiger partial charge in [0, 0.05) is 20.8 Å². The van der Waals surface area contributed by atoms with E-state index in [0.29, 0.717) is 20.8 Å². The van der Waals surface area contributed by atoms with Crippen LogP contribution in [0.4, 0.5) is 11.6 Å². The van der Waals surface area contributed by atoms with E-state index in [0.717, 1.165) is 4.57 Å². The second-order valence-electron chi connectivity index (χ2n) is 5.36. The predicted molar refractivity (Wildman–Crippen MR) is 104 cm³/mol. The minimum Gasteiger partial charge on any atom is -0.325 e. The van der Waals surface area contributed by atoms with Crippen LogP contribution in [-0.2, 0) is 15.8 Å². The molecule has 0 saturated heterocycles. The van der Waals surface area contributed by atoms with Gasteiger partial charge in [-0.3, -0.25) is 13.9 Å². The lowest BCUT2D eigenvalue weighted by molar-refractivity contribution is 0.152. The summed E-state index contributed by atoms with van der Waals surface area (Å²) in [4.78, 5) is 35.0. The van der Waals surface area contributed by atoms with Crippen molar-refractivity contribution in [1.29, 1.82) is 0 Å². The highest BCUT2D eigenvalue weighted by Crippen LogP contribution is 2.36. The smallest absolute Gasteiger partial charge is 0.325 e. The van der Waals surface area contributed by atoms with Gasteiger partial charge in [-0.1, -0.05) is 34.8 Å². The number of halogens is 3. The summed E-state index contributed by atoms with van der Waals surface area (Å²) in [6.07, 6.45) is 0. The van der Waals surface area contributed by atoms with Gasteiger partial charge in [-0.25, -0.2) is 9.55 Å². The molecule has 3 aromatic rings. The molecule has 12 heteroatoms. The summed E-state index contributed by atoms with van der Waals surface area (Å²) in [5.41, 5.74) is 0.113. The van der Waals surface area contributed by atoms with Crippen LogP contribution < -0.4 is 10.9 Å². The van der Waals surface area contributed by atoms with Crippen molar-refractivity contribution in [3.63, 3.8) is 0 Å². The number of nitrogens with zero attached hydrogens (tertiary/aromatic N) is 2. The second kappa shape index (κ2) is 7.77. The highest BCUT2D eigenvalue weighted by Gasteiger charge is 2.18. The number of hydrogen-bond donors (Lipinski definition) is 3. The lowest BCUT2D eigenvalue weighted by Gasteiger charge is -2.15. The van der Waals surface area contributed by atoms with Gasteiger partial charge in [0.1, 0.15) is 6.73 Å². The number of fused-ring (bicyclic) bond motifs is 1. The lowest BCUT2D eigenvalue weighted by Crippen LogP contribution is -2.25. The van der Waals surface area contributed by atoms with Crippen LogP contribution in [0.25, 0.3) is 10.9 Å². The van der Waals surface area contributed by atoms with Crippen molar-refractivity contribution in [3.05, 3.63) is 61.8 Å². The number of anilines is 2. The van der Waals surface area contributed by atoms with Gasteiger partial charge in [-0.2, -0.15) is 0 Å². The Kier molecular flexibility index (Phi) is 5.79. The Morgan fingerprint density at radius 1 is 1.07 bits per heavy atom. The molecule has 2 aromatic carbocycles. The quantitative estimate of drug-likeness (QED) is 0.500. The largest absolute Gasteiger partial charge is 0.471 e. The lowest BCUT2D eigenvalue weighted by atomic mass is 10.2. The molecule has 3 N–H and O–H groups in total. The van der Waals surface area contributed by atoms with Crippen LogP contribution in [0.2, 0.25) is 15.1 Å². The maximum Gasteiger partial charge on any atom is 0.471 e. The fourth-order valence-corrected chi connectivity index (χ4v) is 3.26. The van der Waals surface area contributed by atoms with Gasteiger partial charge in [0.05, 0.1) is 10.9 Å². The molecule has 1 heterocycles. The van der Waals surface area contributed by atoms with E-state index in [1.807, 2.05) is 0 Å². The van der Waals surface area contributed by atoms with E-state index < -0.39 is 20.1 Å². The molecule has 3 rings (SSSR count). The van der Waals surface area contributed by atoms with Crippen LogP contribution in [0, 0.1) is 0 Å². The molecule has 0 radical (unpaired) electrons. The minimum absolute atomic E-state index is 0.0402. The normalized spacial score (nSPS) is 11.7. The summed E-state index contributed by atoms with van der Waals surface area (Å²) in [6.45, 7) is -0.731. The number of phosphoric ester groups is 1. The van der Waals surface area contributed by atoms with Crippen LogP contribution in [0.5, 0.6) is 0 Å². The van der Waals surface area contributed by atoms with Gasteiger partial charge >= 0.3 is 7.82 Å². The van der Waals surface area contributed by atoms with Crippen molar-refractivity contribution >= 4 is 65.2 Å². The molecular weight excluding hydrogens is 440 g/mol. The van der Waals surface area contributed by atoms with E-state index in [2.05, 4.69) is 14.8 Å². The zero-order valence-electron chi connectivity index (χ0n) is 13.3. The monoisotopic (exact) mass is 449 g/mol. The number of benzene rings is 2. The van der Waals surface area contributed by atoms with Gasteiger partial charge in [-0.05, 0) is 36.4 Å². The van der Waals surface area contributed by atoms with Crippen LogP contribution >= 0.6 is 42.6 Å². The highest BCUT2D eigenvalue weighted by atomic mass is 35.5. The maximum absolute atomic E-state index is 12.8. The van der Waals surface area contributed by atoms with Crippen LogP contribution in [0.3, 0.4) is 0 Å². The number of hydrogen-bond acceptors (Lipinski definition) is 5. The first-order valence-electron chi connectivity index (χ1n) is 7.26. The molecular formula is C15H11Cl3N3O5P. The van der Waals surface area contributed by atoms with Crippen LogP contribution in [-0.4, -0.2) is 19.3 Å². The van der Waals surface area contributed by atoms with Gasteiger partial charge in [0.2, 0.25) is 5.95 Å². The van der Waals surface area contributed by atoms with Crippen LogP contribution in [0.1, 0.15) is 0 Å². The third-order valence-corrected chi connectivity index (χ3v) is 4.51. The number of aromatic nitrogens is 2. The summed E-state index contributed by atoms with van der Waals surface area (Å²) in [6, 6.07) is 9.05. The van der Waals surface area contributed by atoms with E-state index in [9.17, 15) is 9.36 Å². The molecule has 1 aromatic heterocycles. The van der Waals surface area contributed by atoms with Crippen molar-refractivity contribution in [2.24, 2.45) is 0 Å². The SMILES string of the molecule is O=c1c2ccc(Cl)cc2nc(Nc2cc(Cl)cc(Cl)c2)n1COP(=O)(O)O. The van der Waals surface area contributed by atoms with E-state index >= 15 is 0 Å². The summed E-state index contributed by atoms with van der Waals surface area (Å²) in [7, 11) is -4.82. The molecule has 0 amide bonds. The first-order valence-corrected chi connectivity index (χ1v) is 9.92. The first-order chi connectivity index (χ1) is 12.6. The topological polar surface area (TPSA) is 114 Å². The van der Waals surface area contributed by atoms with Crippen molar-refractivity contribution in [2.75, 3.05) is 5.32 Å². The molecule has 0 bridgehead atoms. The molecule has 0 spiro atoms. The number of rotatable bonds is 5. The van der Waals surface area contributed by atoms with E-state index in [-0.39, 0.29) is 16.9 Å². The van der Waals surface area contributed by atoms with Gasteiger partial charge in [0.15, 0.2) is 0 Å². The van der Waals surface area contributed by atoms with Crippen molar-refractivity contribution < 1.29 is 18.9 Å².